The van der Waals surface area contributed by atoms with Gasteiger partial charge in [0.15, 0.2) is 0 Å². The van der Waals surface area contributed by atoms with E-state index in [1.165, 1.54) is 18.2 Å². The molecule has 0 atom stereocenters. The van der Waals surface area contributed by atoms with Crippen LogP contribution in [0.2, 0.25) is 0 Å². The summed E-state index contributed by atoms with van der Waals surface area (Å²) in [7, 11) is 0. The second kappa shape index (κ2) is 5.76. The van der Waals surface area contributed by atoms with Gasteiger partial charge in [0.2, 0.25) is 0 Å². The van der Waals surface area contributed by atoms with Gasteiger partial charge in [0.1, 0.15) is 5.82 Å². The minimum Gasteiger partial charge on any atom is -0.877 e. The van der Waals surface area contributed by atoms with E-state index in [0.717, 1.165) is 0 Å². The Hall–Kier alpha value is -0.820. The summed E-state index contributed by atoms with van der Waals surface area (Å²) in [6.45, 7) is 0. The zero-order valence-corrected chi connectivity index (χ0v) is 9.12. The van der Waals surface area contributed by atoms with Crippen LogP contribution in [0.5, 0.6) is 0 Å². The summed E-state index contributed by atoms with van der Waals surface area (Å²) in [6, 6.07) is 7.28. The van der Waals surface area contributed by atoms with E-state index in [4.69, 9.17) is 5.26 Å². The molecule has 0 aliphatic carbocycles. The van der Waals surface area contributed by atoms with Crippen molar-refractivity contribution in [3.05, 3.63) is 41.9 Å². The summed E-state index contributed by atoms with van der Waals surface area (Å²) in [4.78, 5) is 0. The molecule has 0 heterocycles. The number of hydrogen-bond acceptors (Lipinski definition) is 2. The number of nitrogens with zero attached hydrogens (tertiary/aromatic N) is 1. The van der Waals surface area contributed by atoms with Crippen molar-refractivity contribution < 1.29 is 39.1 Å². The molecule has 0 saturated heterocycles. The smallest absolute Gasteiger partial charge is 0.877 e. The molecule has 0 aliphatic heterocycles. The van der Waals surface area contributed by atoms with Crippen LogP contribution in [-0.4, -0.2) is 0 Å². The molecule has 0 aromatic heterocycles. The van der Waals surface area contributed by atoms with E-state index in [0.29, 0.717) is 6.26 Å². The van der Waals surface area contributed by atoms with E-state index in [1.54, 1.807) is 12.1 Å². The van der Waals surface area contributed by atoms with Crippen LogP contribution in [0.4, 0.5) is 4.39 Å². The Morgan fingerprint density at radius 2 is 2.08 bits per heavy atom. The first kappa shape index (κ1) is 12.2. The maximum atomic E-state index is 12.9. The van der Waals surface area contributed by atoms with Crippen LogP contribution in [0.1, 0.15) is 5.56 Å². The van der Waals surface area contributed by atoms with Crippen LogP contribution in [0, 0.1) is 17.1 Å². The Morgan fingerprint density at radius 1 is 1.46 bits per heavy atom. The molecule has 0 bridgehead atoms. The Kier molecular flexibility index (Phi) is 5.40. The molecule has 0 N–H and O–H groups in total. The fourth-order valence-electron chi connectivity index (χ4n) is 0.830. The topological polar surface area (TPSA) is 46.8 Å². The van der Waals surface area contributed by atoms with Crippen LogP contribution in [-0.2, 0) is 0 Å². The van der Waals surface area contributed by atoms with Crippen molar-refractivity contribution in [1.82, 2.24) is 0 Å². The zero-order valence-electron chi connectivity index (χ0n) is 7.12. The van der Waals surface area contributed by atoms with E-state index >= 15 is 0 Å². The molecule has 0 spiro atoms. The standard InChI is InChI=1S/C9H6FNO.Na/c10-9-4-2-1-3-8(9)7(5-11)6-12;/h1-4,6,12H;/q;+1/p-1. The van der Waals surface area contributed by atoms with Crippen LogP contribution in [0.25, 0.3) is 5.57 Å². The summed E-state index contributed by atoms with van der Waals surface area (Å²) in [6.07, 6.45) is 0.346. The van der Waals surface area contributed by atoms with Gasteiger partial charge < -0.3 is 5.11 Å². The fourth-order valence-corrected chi connectivity index (χ4v) is 0.830. The summed E-state index contributed by atoms with van der Waals surface area (Å²) in [5, 5.41) is 18.7. The largest absolute Gasteiger partial charge is 1.00 e. The van der Waals surface area contributed by atoms with Crippen LogP contribution in [0.3, 0.4) is 0 Å². The third-order valence-electron chi connectivity index (χ3n) is 1.40. The minimum atomic E-state index is -0.554. The van der Waals surface area contributed by atoms with Gasteiger partial charge in [0, 0.05) is 11.1 Å². The van der Waals surface area contributed by atoms with Crippen molar-refractivity contribution in [3.63, 3.8) is 0 Å². The molecule has 0 aliphatic rings. The van der Waals surface area contributed by atoms with Gasteiger partial charge in [0.25, 0.3) is 0 Å². The predicted molar refractivity (Wildman–Crippen MR) is 40.0 cm³/mol. The zero-order chi connectivity index (χ0) is 8.97. The van der Waals surface area contributed by atoms with Crippen molar-refractivity contribution in [3.8, 4) is 6.07 Å². The molecule has 13 heavy (non-hydrogen) atoms. The Morgan fingerprint density at radius 3 is 2.54 bits per heavy atom. The molecule has 1 aromatic rings. The van der Waals surface area contributed by atoms with E-state index in [1.807, 2.05) is 0 Å². The quantitative estimate of drug-likeness (QED) is 0.290. The van der Waals surface area contributed by atoms with Gasteiger partial charge in [-0.1, -0.05) is 18.2 Å². The maximum absolute atomic E-state index is 12.9. The van der Waals surface area contributed by atoms with E-state index in [-0.39, 0.29) is 40.7 Å². The first-order valence-corrected chi connectivity index (χ1v) is 3.26. The van der Waals surface area contributed by atoms with E-state index in [2.05, 4.69) is 0 Å². The molecule has 1 aromatic carbocycles. The number of hydrogen-bond donors (Lipinski definition) is 0. The molecule has 0 unspecified atom stereocenters. The number of nitriles is 1. The normalized spacial score (nSPS) is 10.0. The number of benzene rings is 1. The number of rotatable bonds is 1. The Balaban J connectivity index is 0.00000144. The Labute approximate surface area is 97.6 Å². The first-order valence-electron chi connectivity index (χ1n) is 3.26. The molecule has 4 heteroatoms. The Bertz CT molecular complexity index is 357. The molecule has 60 valence electrons. The molecule has 1 rings (SSSR count). The molecule has 0 saturated carbocycles. The van der Waals surface area contributed by atoms with Gasteiger partial charge in [-0.15, -0.1) is 6.26 Å². The van der Waals surface area contributed by atoms with Gasteiger partial charge in [-0.2, -0.15) is 5.26 Å². The molecule has 0 amide bonds. The summed E-state index contributed by atoms with van der Waals surface area (Å²) < 4.78 is 12.9. The average Bonchev–Trinajstić information content (AvgIpc) is 2.10. The summed E-state index contributed by atoms with van der Waals surface area (Å²) in [5.74, 6) is -0.554. The second-order valence-electron chi connectivity index (χ2n) is 2.12. The van der Waals surface area contributed by atoms with Crippen molar-refractivity contribution in [2.75, 3.05) is 0 Å². The van der Waals surface area contributed by atoms with Crippen LogP contribution >= 0.6 is 0 Å². The molecule has 0 fully saturated rings. The summed E-state index contributed by atoms with van der Waals surface area (Å²) >= 11 is 0. The fraction of sp³-hybridized carbons (Fsp3) is 0. The van der Waals surface area contributed by atoms with Crippen molar-refractivity contribution in [1.29, 1.82) is 5.26 Å². The van der Waals surface area contributed by atoms with Crippen LogP contribution in [0.15, 0.2) is 30.5 Å². The van der Waals surface area contributed by atoms with Gasteiger partial charge in [-0.25, -0.2) is 4.39 Å². The summed E-state index contributed by atoms with van der Waals surface area (Å²) in [5.41, 5.74) is -0.136. The van der Waals surface area contributed by atoms with E-state index in [9.17, 15) is 9.50 Å². The predicted octanol–water partition coefficient (Wildman–Crippen LogP) is -1.95. The molecule has 2 nitrogen and oxygen atoms in total. The average molecular weight is 185 g/mol. The molecular weight excluding hydrogens is 180 g/mol. The second-order valence-corrected chi connectivity index (χ2v) is 2.12. The van der Waals surface area contributed by atoms with Crippen molar-refractivity contribution in [2.45, 2.75) is 0 Å². The first-order chi connectivity index (χ1) is 5.79. The van der Waals surface area contributed by atoms with Crippen LogP contribution < -0.4 is 34.7 Å². The SMILES string of the molecule is N#CC(=C[O-])c1ccccc1F.[Na+]. The third-order valence-corrected chi connectivity index (χ3v) is 1.40. The van der Waals surface area contributed by atoms with Crippen molar-refractivity contribution >= 4 is 5.57 Å². The minimum absolute atomic E-state index is 0. The monoisotopic (exact) mass is 185 g/mol. The maximum Gasteiger partial charge on any atom is 1.00 e. The molecule has 0 radical (unpaired) electrons. The third kappa shape index (κ3) is 2.85. The molecular formula is C9H5FNNaO. The van der Waals surface area contributed by atoms with Gasteiger partial charge >= 0.3 is 29.6 Å². The van der Waals surface area contributed by atoms with Gasteiger partial charge in [-0.05, 0) is 6.07 Å². The van der Waals surface area contributed by atoms with Gasteiger partial charge in [-0.3, -0.25) is 0 Å². The number of halogens is 1. The van der Waals surface area contributed by atoms with Crippen molar-refractivity contribution in [2.24, 2.45) is 0 Å². The number of allylic oxidation sites excluding steroid dienone is 1. The van der Waals surface area contributed by atoms with E-state index < -0.39 is 5.82 Å². The van der Waals surface area contributed by atoms with Gasteiger partial charge in [0.05, 0.1) is 6.07 Å².